The lowest BCUT2D eigenvalue weighted by Gasteiger charge is -2.28. The largest absolute Gasteiger partial charge is 0.453 e. The molecule has 0 radical (unpaired) electrons. The number of carbonyl (C=O) groups is 2. The average Bonchev–Trinajstić information content (AvgIpc) is 2.61. The highest BCUT2D eigenvalue weighted by Crippen LogP contribution is 2.27. The van der Waals surface area contributed by atoms with Gasteiger partial charge >= 0.3 is 6.09 Å². The first-order valence-electron chi connectivity index (χ1n) is 8.90. The van der Waals surface area contributed by atoms with Gasteiger partial charge < -0.3 is 15.0 Å². The van der Waals surface area contributed by atoms with E-state index in [1.165, 1.54) is 44.8 Å². The normalized spacial score (nSPS) is 18.0. The maximum atomic E-state index is 12.3. The van der Waals surface area contributed by atoms with Crippen LogP contribution in [0.2, 0.25) is 0 Å². The Morgan fingerprint density at radius 2 is 2.00 bits per heavy atom. The van der Waals surface area contributed by atoms with Gasteiger partial charge in [-0.25, -0.2) is 4.79 Å². The molecule has 1 heterocycles. The topological polar surface area (TPSA) is 58.6 Å². The Kier molecular flexibility index (Phi) is 5.38. The molecule has 1 saturated carbocycles. The van der Waals surface area contributed by atoms with E-state index in [9.17, 15) is 9.59 Å². The number of carbonyl (C=O) groups excluding carboxylic acids is 2. The number of hydrogen-bond donors (Lipinski definition) is 1. The first-order chi connectivity index (χ1) is 11.7. The summed E-state index contributed by atoms with van der Waals surface area (Å²) in [5.74, 6) is 0.633. The molecule has 2 amide bonds. The lowest BCUT2D eigenvalue weighted by atomic mass is 9.87. The maximum absolute atomic E-state index is 12.3. The smallest absolute Gasteiger partial charge is 0.409 e. The summed E-state index contributed by atoms with van der Waals surface area (Å²) < 4.78 is 4.80. The van der Waals surface area contributed by atoms with Gasteiger partial charge in [-0.2, -0.15) is 0 Å². The molecule has 1 aromatic carbocycles. The van der Waals surface area contributed by atoms with Crippen molar-refractivity contribution in [1.29, 1.82) is 0 Å². The molecule has 130 valence electrons. The maximum Gasteiger partial charge on any atom is 0.409 e. The Morgan fingerprint density at radius 1 is 1.21 bits per heavy atom. The van der Waals surface area contributed by atoms with Gasteiger partial charge in [-0.05, 0) is 48.4 Å². The van der Waals surface area contributed by atoms with E-state index < -0.39 is 0 Å². The fourth-order valence-corrected chi connectivity index (χ4v) is 3.79. The second kappa shape index (κ2) is 7.69. The third-order valence-electron chi connectivity index (χ3n) is 5.13. The SMILES string of the molecule is COC(=O)N1CCc2ccc(NC(=O)CC3CCCCC3)cc2C1. The van der Waals surface area contributed by atoms with Crippen molar-refractivity contribution < 1.29 is 14.3 Å². The minimum absolute atomic E-state index is 0.0995. The molecule has 0 aromatic heterocycles. The zero-order valence-corrected chi connectivity index (χ0v) is 14.3. The summed E-state index contributed by atoms with van der Waals surface area (Å²) in [6.07, 6.45) is 7.29. The van der Waals surface area contributed by atoms with Crippen molar-refractivity contribution in [2.45, 2.75) is 51.5 Å². The highest BCUT2D eigenvalue weighted by molar-refractivity contribution is 5.91. The van der Waals surface area contributed by atoms with Gasteiger partial charge in [0.1, 0.15) is 0 Å². The monoisotopic (exact) mass is 330 g/mol. The summed E-state index contributed by atoms with van der Waals surface area (Å²) in [4.78, 5) is 25.7. The van der Waals surface area contributed by atoms with Crippen LogP contribution < -0.4 is 5.32 Å². The second-order valence-corrected chi connectivity index (χ2v) is 6.88. The summed E-state index contributed by atoms with van der Waals surface area (Å²) in [6.45, 7) is 1.21. The Morgan fingerprint density at radius 3 is 2.75 bits per heavy atom. The van der Waals surface area contributed by atoms with Crippen LogP contribution in [0.25, 0.3) is 0 Å². The standard InChI is InChI=1S/C19H26N2O3/c1-24-19(23)21-10-9-15-7-8-17(12-16(15)13-21)20-18(22)11-14-5-3-2-4-6-14/h7-8,12,14H,2-6,9-11,13H2,1H3,(H,20,22). The van der Waals surface area contributed by atoms with Crippen molar-refractivity contribution in [2.75, 3.05) is 19.0 Å². The van der Waals surface area contributed by atoms with Crippen LogP contribution >= 0.6 is 0 Å². The molecule has 3 rings (SSSR count). The summed E-state index contributed by atoms with van der Waals surface area (Å²) in [6, 6.07) is 6.01. The molecule has 1 aliphatic heterocycles. The van der Waals surface area contributed by atoms with Crippen molar-refractivity contribution in [2.24, 2.45) is 5.92 Å². The van der Waals surface area contributed by atoms with Crippen LogP contribution in [-0.2, 0) is 22.5 Å². The number of nitrogens with one attached hydrogen (secondary N) is 1. The van der Waals surface area contributed by atoms with Gasteiger partial charge in [-0.1, -0.05) is 25.3 Å². The Hall–Kier alpha value is -2.04. The molecule has 0 atom stereocenters. The number of amides is 2. The van der Waals surface area contributed by atoms with Crippen LogP contribution in [-0.4, -0.2) is 30.6 Å². The van der Waals surface area contributed by atoms with E-state index in [2.05, 4.69) is 11.4 Å². The predicted octanol–water partition coefficient (Wildman–Crippen LogP) is 3.72. The van der Waals surface area contributed by atoms with E-state index in [1.54, 1.807) is 4.90 Å². The van der Waals surface area contributed by atoms with Crippen LogP contribution in [0.15, 0.2) is 18.2 Å². The quantitative estimate of drug-likeness (QED) is 0.919. The zero-order chi connectivity index (χ0) is 16.9. The molecule has 1 aromatic rings. The third kappa shape index (κ3) is 4.08. The highest BCUT2D eigenvalue weighted by Gasteiger charge is 2.22. The number of methoxy groups -OCH3 is 1. The van der Waals surface area contributed by atoms with Crippen LogP contribution in [0, 0.1) is 5.92 Å². The lowest BCUT2D eigenvalue weighted by Crippen LogP contribution is -2.35. The number of fused-ring (bicyclic) bond motifs is 1. The summed E-state index contributed by atoms with van der Waals surface area (Å²) >= 11 is 0. The molecule has 1 fully saturated rings. The number of hydrogen-bond acceptors (Lipinski definition) is 3. The first-order valence-corrected chi connectivity index (χ1v) is 8.90. The third-order valence-corrected chi connectivity index (χ3v) is 5.13. The molecular weight excluding hydrogens is 304 g/mol. The molecule has 24 heavy (non-hydrogen) atoms. The van der Waals surface area contributed by atoms with Gasteiger partial charge in [0.25, 0.3) is 0 Å². The molecule has 1 aliphatic carbocycles. The minimum atomic E-state index is -0.299. The molecule has 0 spiro atoms. The van der Waals surface area contributed by atoms with E-state index in [0.29, 0.717) is 25.4 Å². The number of benzene rings is 1. The van der Waals surface area contributed by atoms with Crippen molar-refractivity contribution in [3.8, 4) is 0 Å². The second-order valence-electron chi connectivity index (χ2n) is 6.88. The van der Waals surface area contributed by atoms with Crippen LogP contribution in [0.1, 0.15) is 49.7 Å². The molecular formula is C19H26N2O3. The number of anilines is 1. The molecule has 5 heteroatoms. The van der Waals surface area contributed by atoms with E-state index in [-0.39, 0.29) is 12.0 Å². The van der Waals surface area contributed by atoms with Crippen molar-refractivity contribution in [3.05, 3.63) is 29.3 Å². The summed E-state index contributed by atoms with van der Waals surface area (Å²) in [5.41, 5.74) is 3.14. The van der Waals surface area contributed by atoms with Gasteiger partial charge in [0.2, 0.25) is 5.91 Å². The Bertz CT molecular complexity index is 609. The Labute approximate surface area is 143 Å². The van der Waals surface area contributed by atoms with E-state index in [0.717, 1.165) is 17.7 Å². The first kappa shape index (κ1) is 16.8. The van der Waals surface area contributed by atoms with Gasteiger partial charge in [-0.3, -0.25) is 4.79 Å². The molecule has 0 saturated heterocycles. The fraction of sp³-hybridized carbons (Fsp3) is 0.579. The van der Waals surface area contributed by atoms with Crippen LogP contribution in [0.5, 0.6) is 0 Å². The molecule has 2 aliphatic rings. The fourth-order valence-electron chi connectivity index (χ4n) is 3.79. The van der Waals surface area contributed by atoms with Crippen molar-refractivity contribution in [1.82, 2.24) is 4.90 Å². The number of nitrogens with zero attached hydrogens (tertiary/aromatic N) is 1. The van der Waals surface area contributed by atoms with E-state index in [1.807, 2.05) is 12.1 Å². The number of ether oxygens (including phenoxy) is 1. The predicted molar refractivity (Wildman–Crippen MR) is 92.8 cm³/mol. The van der Waals surface area contributed by atoms with E-state index >= 15 is 0 Å². The molecule has 0 bridgehead atoms. The lowest BCUT2D eigenvalue weighted by molar-refractivity contribution is -0.117. The highest BCUT2D eigenvalue weighted by atomic mass is 16.5. The molecule has 5 nitrogen and oxygen atoms in total. The Balaban J connectivity index is 1.61. The molecule has 0 unspecified atom stereocenters. The zero-order valence-electron chi connectivity index (χ0n) is 14.3. The van der Waals surface area contributed by atoms with Gasteiger partial charge in [-0.15, -0.1) is 0 Å². The summed E-state index contributed by atoms with van der Waals surface area (Å²) in [5, 5.41) is 3.02. The summed E-state index contributed by atoms with van der Waals surface area (Å²) in [7, 11) is 1.40. The van der Waals surface area contributed by atoms with Crippen LogP contribution in [0.3, 0.4) is 0 Å². The number of rotatable bonds is 3. The van der Waals surface area contributed by atoms with Crippen LogP contribution in [0.4, 0.5) is 10.5 Å². The van der Waals surface area contributed by atoms with Gasteiger partial charge in [0.15, 0.2) is 0 Å². The van der Waals surface area contributed by atoms with Gasteiger partial charge in [0, 0.05) is 25.2 Å². The minimum Gasteiger partial charge on any atom is -0.453 e. The molecule has 1 N–H and O–H groups in total. The van der Waals surface area contributed by atoms with Crippen molar-refractivity contribution in [3.63, 3.8) is 0 Å². The van der Waals surface area contributed by atoms with Crippen molar-refractivity contribution >= 4 is 17.7 Å². The average molecular weight is 330 g/mol. The van der Waals surface area contributed by atoms with E-state index in [4.69, 9.17) is 4.74 Å². The van der Waals surface area contributed by atoms with Gasteiger partial charge in [0.05, 0.1) is 7.11 Å².